The van der Waals surface area contributed by atoms with E-state index in [1.165, 1.54) is 0 Å². The van der Waals surface area contributed by atoms with Gasteiger partial charge in [0.1, 0.15) is 5.60 Å². The summed E-state index contributed by atoms with van der Waals surface area (Å²) in [4.78, 5) is 16.4. The SMILES string of the molecule is COC1(C(=O)Cc2ccccn2)CCCC1. The van der Waals surface area contributed by atoms with Gasteiger partial charge in [0.25, 0.3) is 0 Å². The number of Topliss-reactive ketones (excluding diaryl/α,β-unsaturated/α-hetero) is 1. The Labute approximate surface area is 95.8 Å². The van der Waals surface area contributed by atoms with Crippen molar-refractivity contribution in [1.82, 2.24) is 4.98 Å². The van der Waals surface area contributed by atoms with Crippen molar-refractivity contribution in [3.8, 4) is 0 Å². The molecule has 0 radical (unpaired) electrons. The third-order valence-corrected chi connectivity index (χ3v) is 3.38. The van der Waals surface area contributed by atoms with Crippen LogP contribution in [0.1, 0.15) is 31.4 Å². The summed E-state index contributed by atoms with van der Waals surface area (Å²) >= 11 is 0. The van der Waals surface area contributed by atoms with E-state index in [9.17, 15) is 4.79 Å². The van der Waals surface area contributed by atoms with Crippen LogP contribution < -0.4 is 0 Å². The van der Waals surface area contributed by atoms with Gasteiger partial charge in [0.15, 0.2) is 5.78 Å². The lowest BCUT2D eigenvalue weighted by atomic mass is 9.93. The van der Waals surface area contributed by atoms with Crippen molar-refractivity contribution < 1.29 is 9.53 Å². The molecule has 1 aromatic rings. The Bertz CT molecular complexity index is 355. The lowest BCUT2D eigenvalue weighted by Gasteiger charge is -2.25. The Morgan fingerprint density at radius 2 is 2.19 bits per heavy atom. The first-order chi connectivity index (χ1) is 7.77. The summed E-state index contributed by atoms with van der Waals surface area (Å²) in [7, 11) is 1.64. The summed E-state index contributed by atoms with van der Waals surface area (Å²) in [5.74, 6) is 0.172. The minimum absolute atomic E-state index is 0.172. The summed E-state index contributed by atoms with van der Waals surface area (Å²) in [6.07, 6.45) is 5.99. The molecular weight excluding hydrogens is 202 g/mol. The van der Waals surface area contributed by atoms with Crippen molar-refractivity contribution >= 4 is 5.78 Å². The van der Waals surface area contributed by atoms with E-state index in [2.05, 4.69) is 4.98 Å². The largest absolute Gasteiger partial charge is 0.370 e. The monoisotopic (exact) mass is 219 g/mol. The molecule has 1 fully saturated rings. The molecule has 0 bridgehead atoms. The number of aromatic nitrogens is 1. The second-order valence-electron chi connectivity index (χ2n) is 4.33. The van der Waals surface area contributed by atoms with Crippen LogP contribution in [0.3, 0.4) is 0 Å². The second-order valence-corrected chi connectivity index (χ2v) is 4.33. The minimum atomic E-state index is -0.530. The zero-order chi connectivity index (χ0) is 11.4. The molecule has 0 spiro atoms. The molecule has 0 unspecified atom stereocenters. The highest BCUT2D eigenvalue weighted by Crippen LogP contribution is 2.34. The highest BCUT2D eigenvalue weighted by molar-refractivity contribution is 5.89. The number of nitrogens with zero attached hydrogens (tertiary/aromatic N) is 1. The standard InChI is InChI=1S/C13H17NO2/c1-16-13(7-3-4-8-13)12(15)10-11-6-2-5-9-14-11/h2,5-6,9H,3-4,7-8,10H2,1H3. The summed E-state index contributed by atoms with van der Waals surface area (Å²) in [6, 6.07) is 5.65. The fraction of sp³-hybridized carbons (Fsp3) is 0.538. The van der Waals surface area contributed by atoms with Crippen molar-refractivity contribution in [2.75, 3.05) is 7.11 Å². The van der Waals surface area contributed by atoms with Crippen LogP contribution in [-0.4, -0.2) is 23.5 Å². The van der Waals surface area contributed by atoms with Crippen LogP contribution in [-0.2, 0) is 16.0 Å². The van der Waals surface area contributed by atoms with Gasteiger partial charge in [-0.2, -0.15) is 0 Å². The molecule has 16 heavy (non-hydrogen) atoms. The summed E-state index contributed by atoms with van der Waals surface area (Å²) in [6.45, 7) is 0. The van der Waals surface area contributed by atoms with Gasteiger partial charge in [0.2, 0.25) is 0 Å². The topological polar surface area (TPSA) is 39.2 Å². The minimum Gasteiger partial charge on any atom is -0.370 e. The van der Waals surface area contributed by atoms with Gasteiger partial charge in [-0.05, 0) is 37.8 Å². The number of ether oxygens (including phenoxy) is 1. The van der Waals surface area contributed by atoms with Gasteiger partial charge in [0, 0.05) is 19.0 Å². The van der Waals surface area contributed by atoms with Crippen LogP contribution in [0.4, 0.5) is 0 Å². The van der Waals surface area contributed by atoms with Gasteiger partial charge in [-0.1, -0.05) is 6.07 Å². The lowest BCUT2D eigenvalue weighted by Crippen LogP contribution is -2.39. The van der Waals surface area contributed by atoms with Crippen LogP contribution in [0, 0.1) is 0 Å². The van der Waals surface area contributed by atoms with Gasteiger partial charge < -0.3 is 4.74 Å². The Hall–Kier alpha value is -1.22. The van der Waals surface area contributed by atoms with E-state index in [1.807, 2.05) is 18.2 Å². The molecule has 1 heterocycles. The Kier molecular flexibility index (Phi) is 3.34. The average Bonchev–Trinajstić information content (AvgIpc) is 2.80. The van der Waals surface area contributed by atoms with Crippen LogP contribution in [0.15, 0.2) is 24.4 Å². The molecular formula is C13H17NO2. The van der Waals surface area contributed by atoms with E-state index in [0.29, 0.717) is 6.42 Å². The van der Waals surface area contributed by atoms with Crippen molar-refractivity contribution in [2.24, 2.45) is 0 Å². The molecule has 1 aliphatic rings. The van der Waals surface area contributed by atoms with Gasteiger partial charge in [-0.15, -0.1) is 0 Å². The van der Waals surface area contributed by atoms with Crippen LogP contribution in [0.2, 0.25) is 0 Å². The summed E-state index contributed by atoms with van der Waals surface area (Å²) in [5.41, 5.74) is 0.299. The van der Waals surface area contributed by atoms with Crippen molar-refractivity contribution in [3.05, 3.63) is 30.1 Å². The first-order valence-corrected chi connectivity index (χ1v) is 5.75. The number of hydrogen-bond donors (Lipinski definition) is 0. The molecule has 0 saturated heterocycles. The number of methoxy groups -OCH3 is 1. The molecule has 0 amide bonds. The zero-order valence-electron chi connectivity index (χ0n) is 9.61. The highest BCUT2D eigenvalue weighted by atomic mass is 16.5. The quantitative estimate of drug-likeness (QED) is 0.779. The fourth-order valence-corrected chi connectivity index (χ4v) is 2.37. The van der Waals surface area contributed by atoms with Crippen molar-refractivity contribution in [2.45, 2.75) is 37.7 Å². The predicted octanol–water partition coefficient (Wildman–Crippen LogP) is 2.15. The average molecular weight is 219 g/mol. The van der Waals surface area contributed by atoms with E-state index >= 15 is 0 Å². The van der Waals surface area contributed by atoms with E-state index in [-0.39, 0.29) is 5.78 Å². The molecule has 3 heteroatoms. The molecule has 0 atom stereocenters. The van der Waals surface area contributed by atoms with Gasteiger partial charge in [-0.25, -0.2) is 0 Å². The number of hydrogen-bond acceptors (Lipinski definition) is 3. The smallest absolute Gasteiger partial charge is 0.170 e. The molecule has 1 saturated carbocycles. The van der Waals surface area contributed by atoms with E-state index in [4.69, 9.17) is 4.74 Å². The van der Waals surface area contributed by atoms with E-state index in [0.717, 1.165) is 31.4 Å². The Morgan fingerprint density at radius 1 is 1.44 bits per heavy atom. The van der Waals surface area contributed by atoms with Gasteiger partial charge in [-0.3, -0.25) is 9.78 Å². The molecule has 1 aliphatic carbocycles. The van der Waals surface area contributed by atoms with Crippen molar-refractivity contribution in [1.29, 1.82) is 0 Å². The van der Waals surface area contributed by atoms with Crippen LogP contribution in [0.5, 0.6) is 0 Å². The third-order valence-electron chi connectivity index (χ3n) is 3.38. The first-order valence-electron chi connectivity index (χ1n) is 5.75. The molecule has 1 aromatic heterocycles. The third kappa shape index (κ3) is 2.14. The predicted molar refractivity (Wildman–Crippen MR) is 61.2 cm³/mol. The lowest BCUT2D eigenvalue weighted by molar-refractivity contribution is -0.139. The van der Waals surface area contributed by atoms with Gasteiger partial charge >= 0.3 is 0 Å². The number of pyridine rings is 1. The van der Waals surface area contributed by atoms with E-state index < -0.39 is 5.60 Å². The molecule has 0 aliphatic heterocycles. The Morgan fingerprint density at radius 3 is 2.75 bits per heavy atom. The first kappa shape index (κ1) is 11.3. The number of ketones is 1. The van der Waals surface area contributed by atoms with Gasteiger partial charge in [0.05, 0.1) is 6.42 Å². The van der Waals surface area contributed by atoms with Crippen LogP contribution >= 0.6 is 0 Å². The maximum Gasteiger partial charge on any atom is 0.170 e. The highest BCUT2D eigenvalue weighted by Gasteiger charge is 2.40. The summed E-state index contributed by atoms with van der Waals surface area (Å²) in [5, 5.41) is 0. The molecule has 2 rings (SSSR count). The maximum absolute atomic E-state index is 12.2. The number of carbonyl (C=O) groups is 1. The van der Waals surface area contributed by atoms with Crippen LogP contribution in [0.25, 0.3) is 0 Å². The maximum atomic E-state index is 12.2. The molecule has 3 nitrogen and oxygen atoms in total. The summed E-state index contributed by atoms with van der Waals surface area (Å²) < 4.78 is 5.46. The van der Waals surface area contributed by atoms with E-state index in [1.54, 1.807) is 13.3 Å². The molecule has 86 valence electrons. The fourth-order valence-electron chi connectivity index (χ4n) is 2.37. The molecule has 0 aromatic carbocycles. The normalized spacial score (nSPS) is 18.6. The second kappa shape index (κ2) is 4.74. The van der Waals surface area contributed by atoms with Crippen molar-refractivity contribution in [3.63, 3.8) is 0 Å². The zero-order valence-corrected chi connectivity index (χ0v) is 9.61. The number of rotatable bonds is 4. The number of carbonyl (C=O) groups excluding carboxylic acids is 1. The Balaban J connectivity index is 2.07. The molecule has 0 N–H and O–H groups in total.